The molecule has 2 nitrogen and oxygen atoms in total. The molecule has 1 rings (SSSR count). The Kier molecular flexibility index (Phi) is 2.68. The molecule has 0 saturated carbocycles. The Morgan fingerprint density at radius 1 is 1.40 bits per heavy atom. The topological polar surface area (TPSA) is 18.5 Å². The van der Waals surface area contributed by atoms with Crippen LogP contribution in [0, 0.1) is 5.41 Å². The molecule has 0 aromatic carbocycles. The summed E-state index contributed by atoms with van der Waals surface area (Å²) in [6.07, 6.45) is 0. The third-order valence-electron chi connectivity index (χ3n) is 1.22. The van der Waals surface area contributed by atoms with Gasteiger partial charge in [0.25, 0.3) is 0 Å². The van der Waals surface area contributed by atoms with Crippen LogP contribution in [0.4, 0.5) is 0 Å². The first-order valence-electron chi connectivity index (χ1n) is 3.00. The second-order valence-corrected chi connectivity index (χ2v) is 10.2. The predicted molar refractivity (Wildman–Crippen MR) is 44.2 cm³/mol. The van der Waals surface area contributed by atoms with Crippen molar-refractivity contribution < 1.29 is 9.05 Å². The fourth-order valence-electron chi connectivity index (χ4n) is 0.583. The molecule has 0 amide bonds. The molecule has 1 fully saturated rings. The van der Waals surface area contributed by atoms with E-state index >= 15 is 0 Å². The van der Waals surface area contributed by atoms with E-state index < -0.39 is 5.32 Å². The Balaban J connectivity index is 2.54. The average Bonchev–Trinajstić information content (AvgIpc) is 1.79. The Morgan fingerprint density at radius 3 is 2.10 bits per heavy atom. The molecule has 0 N–H and O–H groups in total. The van der Waals surface area contributed by atoms with Crippen LogP contribution in [-0.4, -0.2) is 28.3 Å². The zero-order chi connectivity index (χ0) is 7.83. The molecule has 1 heterocycles. The normalized spacial score (nSPS) is 29.9. The number of rotatable bonds is 0. The summed E-state index contributed by atoms with van der Waals surface area (Å²) < 4.78 is 10.6. The van der Waals surface area contributed by atoms with Crippen molar-refractivity contribution in [2.75, 3.05) is 13.2 Å². The summed E-state index contributed by atoms with van der Waals surface area (Å²) in [4.78, 5) is 0. The second kappa shape index (κ2) is 2.89. The van der Waals surface area contributed by atoms with Crippen molar-refractivity contribution in [1.29, 1.82) is 0 Å². The molecule has 0 aromatic heterocycles. The van der Waals surface area contributed by atoms with Crippen molar-refractivity contribution in [2.24, 2.45) is 5.41 Å². The summed E-state index contributed by atoms with van der Waals surface area (Å²) in [6.45, 7) is 5.53. The monoisotopic (exact) mass is 248 g/mol. The minimum absolute atomic E-state index is 0.113. The van der Waals surface area contributed by atoms with Gasteiger partial charge >= 0.3 is 73.2 Å². The molecule has 60 valence electrons. The third kappa shape index (κ3) is 2.65. The molecule has 10 heavy (non-hydrogen) atoms. The van der Waals surface area contributed by atoms with Gasteiger partial charge in [-0.15, -0.1) is 0 Å². The van der Waals surface area contributed by atoms with Gasteiger partial charge in [-0.05, 0) is 0 Å². The minimum atomic E-state index is -2.07. The maximum atomic E-state index is 5.81. The van der Waals surface area contributed by atoms with Crippen LogP contribution < -0.4 is 0 Å². The quantitative estimate of drug-likeness (QED) is 0.482. The van der Waals surface area contributed by atoms with E-state index in [1.165, 1.54) is 0 Å². The first kappa shape index (κ1) is 9.25. The van der Waals surface area contributed by atoms with Crippen LogP contribution in [0.1, 0.15) is 13.8 Å². The van der Waals surface area contributed by atoms with E-state index in [-0.39, 0.29) is 5.41 Å². The zero-order valence-electron chi connectivity index (χ0n) is 5.96. The van der Waals surface area contributed by atoms with E-state index in [0.717, 1.165) is 0 Å². The van der Waals surface area contributed by atoms with Crippen LogP contribution in [0.25, 0.3) is 0 Å². The average molecular weight is 248 g/mol. The van der Waals surface area contributed by atoms with Gasteiger partial charge in [0.15, 0.2) is 0 Å². The molecular weight excluding hydrogens is 237 g/mol. The molecule has 0 aromatic rings. The van der Waals surface area contributed by atoms with E-state index in [1.807, 2.05) is 0 Å². The van der Waals surface area contributed by atoms with Crippen LogP contribution in [0.2, 0.25) is 0 Å². The fourth-order valence-corrected chi connectivity index (χ4v) is 2.62. The van der Waals surface area contributed by atoms with Gasteiger partial charge in [-0.1, -0.05) is 0 Å². The van der Waals surface area contributed by atoms with Gasteiger partial charge in [0, 0.05) is 0 Å². The Morgan fingerprint density at radius 2 is 1.80 bits per heavy atom. The standard InChI is InChI=1S/C5H10ClO2PSe/c1-5(2)3-7-9(6,10)8-4-5/h3-4H2,1-2H3. The van der Waals surface area contributed by atoms with Crippen molar-refractivity contribution in [3.63, 3.8) is 0 Å². The van der Waals surface area contributed by atoms with Crippen molar-refractivity contribution in [2.45, 2.75) is 13.8 Å². The SMILES string of the molecule is CC1(C)COP(Cl)(=[Se])OC1. The van der Waals surface area contributed by atoms with Crippen molar-refractivity contribution in [3.8, 4) is 0 Å². The molecule has 0 unspecified atom stereocenters. The fraction of sp³-hybridized carbons (Fsp3) is 1.00. The van der Waals surface area contributed by atoms with Crippen LogP contribution >= 0.6 is 16.6 Å². The number of hydrogen-bond acceptors (Lipinski definition) is 2. The molecule has 0 spiro atoms. The molecule has 1 saturated heterocycles. The van der Waals surface area contributed by atoms with Gasteiger partial charge in [0.05, 0.1) is 0 Å². The Hall–Kier alpha value is 1.16. The third-order valence-corrected chi connectivity index (χ3v) is 4.01. The van der Waals surface area contributed by atoms with Crippen molar-refractivity contribution in [1.82, 2.24) is 0 Å². The summed E-state index contributed by atoms with van der Waals surface area (Å²) >= 11 is 8.54. The van der Waals surface area contributed by atoms with Crippen LogP contribution in [0.5, 0.6) is 0 Å². The van der Waals surface area contributed by atoms with Gasteiger partial charge in [0.2, 0.25) is 0 Å². The van der Waals surface area contributed by atoms with Gasteiger partial charge in [-0.2, -0.15) is 0 Å². The van der Waals surface area contributed by atoms with Crippen LogP contribution in [-0.2, 0) is 9.05 Å². The van der Waals surface area contributed by atoms with Crippen molar-refractivity contribution >= 4 is 31.7 Å². The van der Waals surface area contributed by atoms with Gasteiger partial charge in [-0.3, -0.25) is 0 Å². The molecule has 0 atom stereocenters. The zero-order valence-corrected chi connectivity index (χ0v) is 9.33. The predicted octanol–water partition coefficient (Wildman–Crippen LogP) is 2.14. The van der Waals surface area contributed by atoms with E-state index in [1.54, 1.807) is 0 Å². The number of halogens is 1. The molecule has 0 bridgehead atoms. The van der Waals surface area contributed by atoms with Gasteiger partial charge in [0.1, 0.15) is 0 Å². The van der Waals surface area contributed by atoms with Gasteiger partial charge in [-0.25, -0.2) is 0 Å². The molecule has 5 heteroatoms. The molecule has 1 aliphatic rings. The first-order chi connectivity index (χ1) is 4.41. The summed E-state index contributed by atoms with van der Waals surface area (Å²) in [5, 5.41) is -2.07. The first-order valence-corrected chi connectivity index (χ1v) is 7.75. The molecule has 0 aliphatic carbocycles. The Labute approximate surface area is 73.4 Å². The maximum absolute atomic E-state index is 5.81. The van der Waals surface area contributed by atoms with Crippen LogP contribution in [0.15, 0.2) is 0 Å². The second-order valence-electron chi connectivity index (χ2n) is 3.14. The van der Waals surface area contributed by atoms with E-state index in [2.05, 4.69) is 28.9 Å². The summed E-state index contributed by atoms with van der Waals surface area (Å²) in [5.74, 6) is 0. The van der Waals surface area contributed by atoms with Gasteiger partial charge < -0.3 is 0 Å². The van der Waals surface area contributed by atoms with Crippen molar-refractivity contribution in [3.05, 3.63) is 0 Å². The summed E-state index contributed by atoms with van der Waals surface area (Å²) in [7, 11) is 0. The molecule has 0 radical (unpaired) electrons. The number of hydrogen-bond donors (Lipinski definition) is 0. The Bertz CT molecular complexity index is 168. The molecular formula is C5H10ClO2PSe. The van der Waals surface area contributed by atoms with E-state index in [9.17, 15) is 0 Å². The van der Waals surface area contributed by atoms with E-state index in [0.29, 0.717) is 13.2 Å². The summed E-state index contributed by atoms with van der Waals surface area (Å²) in [5.41, 5.74) is 0.113. The van der Waals surface area contributed by atoms with Crippen LogP contribution in [0.3, 0.4) is 0 Å². The summed E-state index contributed by atoms with van der Waals surface area (Å²) in [6, 6.07) is 0. The molecule has 1 aliphatic heterocycles. The van der Waals surface area contributed by atoms with E-state index in [4.69, 9.17) is 20.3 Å².